The Balaban J connectivity index is 2.14. The van der Waals surface area contributed by atoms with E-state index < -0.39 is 15.1 Å². The molecule has 0 bridgehead atoms. The van der Waals surface area contributed by atoms with Gasteiger partial charge >= 0.3 is 0 Å². The Morgan fingerprint density at radius 2 is 1.65 bits per heavy atom. The van der Waals surface area contributed by atoms with Crippen LogP contribution in [0.2, 0.25) is 0 Å². The van der Waals surface area contributed by atoms with Crippen LogP contribution in [0.1, 0.15) is 31.4 Å². The van der Waals surface area contributed by atoms with Crippen LogP contribution < -0.4 is 5.73 Å². The van der Waals surface area contributed by atoms with E-state index in [1.807, 2.05) is 56.3 Å². The predicted molar refractivity (Wildman–Crippen MR) is 96.9 cm³/mol. The van der Waals surface area contributed by atoms with E-state index in [-0.39, 0.29) is 0 Å². The van der Waals surface area contributed by atoms with E-state index in [4.69, 9.17) is 5.73 Å². The maximum Gasteiger partial charge on any atom is 0.181 e. The van der Waals surface area contributed by atoms with Gasteiger partial charge in [-0.3, -0.25) is 0 Å². The monoisotopic (exact) mass is 329 g/mol. The number of nitrogens with two attached hydrogens (primary N) is 1. The molecular weight excluding hydrogens is 306 g/mol. The normalized spacial score (nSPS) is 13.8. The lowest BCUT2D eigenvalue weighted by molar-refractivity contribution is 0.583. The van der Waals surface area contributed by atoms with Crippen molar-refractivity contribution in [2.75, 3.05) is 5.73 Å². The number of allylic oxidation sites excluding steroid dienone is 2. The zero-order valence-electron chi connectivity index (χ0n) is 13.8. The molecule has 122 valence electrons. The third-order valence-electron chi connectivity index (χ3n) is 4.00. The van der Waals surface area contributed by atoms with Crippen molar-refractivity contribution < 1.29 is 8.42 Å². The Kier molecular flexibility index (Phi) is 5.26. The van der Waals surface area contributed by atoms with E-state index >= 15 is 0 Å². The molecule has 4 heteroatoms. The zero-order chi connectivity index (χ0) is 17.0. The van der Waals surface area contributed by atoms with Gasteiger partial charge in [0.25, 0.3) is 0 Å². The van der Waals surface area contributed by atoms with Crippen LogP contribution in [-0.2, 0) is 9.84 Å². The predicted octanol–water partition coefficient (Wildman–Crippen LogP) is 4.23. The van der Waals surface area contributed by atoms with Gasteiger partial charge in [0.1, 0.15) is 0 Å². The Morgan fingerprint density at radius 3 is 2.22 bits per heavy atom. The molecular formula is C19H23NO2S. The summed E-state index contributed by atoms with van der Waals surface area (Å²) < 4.78 is 25.2. The van der Waals surface area contributed by atoms with Crippen molar-refractivity contribution in [2.24, 2.45) is 0 Å². The van der Waals surface area contributed by atoms with Gasteiger partial charge in [-0.1, -0.05) is 35.9 Å². The van der Waals surface area contributed by atoms with Gasteiger partial charge in [-0.15, -0.1) is 0 Å². The second-order valence-electron chi connectivity index (χ2n) is 5.91. The molecule has 2 aromatic carbocycles. The first-order valence-corrected chi connectivity index (χ1v) is 9.18. The van der Waals surface area contributed by atoms with Crippen LogP contribution in [0, 0.1) is 6.92 Å². The molecule has 1 unspecified atom stereocenters. The highest BCUT2D eigenvalue weighted by atomic mass is 32.2. The van der Waals surface area contributed by atoms with E-state index in [0.29, 0.717) is 11.3 Å². The SMILES string of the molecule is C/C(=C\CC(C)S(=O)(=O)c1ccc(C)cc1)c1ccc(N)cc1. The molecule has 23 heavy (non-hydrogen) atoms. The number of rotatable bonds is 5. The minimum atomic E-state index is -3.30. The molecule has 0 radical (unpaired) electrons. The summed E-state index contributed by atoms with van der Waals surface area (Å²) in [6.07, 6.45) is 2.45. The molecule has 0 saturated carbocycles. The average Bonchev–Trinajstić information content (AvgIpc) is 2.53. The molecule has 0 aliphatic rings. The van der Waals surface area contributed by atoms with Crippen molar-refractivity contribution in [2.45, 2.75) is 37.3 Å². The summed E-state index contributed by atoms with van der Waals surface area (Å²) in [5.74, 6) is 0. The lowest BCUT2D eigenvalue weighted by Crippen LogP contribution is -2.17. The molecule has 0 aromatic heterocycles. The molecule has 0 heterocycles. The number of aryl methyl sites for hydroxylation is 1. The van der Waals surface area contributed by atoms with Gasteiger partial charge in [0.2, 0.25) is 0 Å². The molecule has 3 nitrogen and oxygen atoms in total. The van der Waals surface area contributed by atoms with Crippen LogP contribution in [-0.4, -0.2) is 13.7 Å². The molecule has 1 atom stereocenters. The van der Waals surface area contributed by atoms with Crippen LogP contribution in [0.3, 0.4) is 0 Å². The van der Waals surface area contributed by atoms with E-state index in [0.717, 1.165) is 22.4 Å². The smallest absolute Gasteiger partial charge is 0.181 e. The standard InChI is InChI=1S/C19H23NO2S/c1-14-4-12-19(13-5-14)23(21,22)16(3)7-6-15(2)17-8-10-18(20)11-9-17/h4-6,8-13,16H,7,20H2,1-3H3/b15-6+. The summed E-state index contributed by atoms with van der Waals surface area (Å²) in [7, 11) is -3.30. The van der Waals surface area contributed by atoms with Gasteiger partial charge in [-0.2, -0.15) is 0 Å². The highest BCUT2D eigenvalue weighted by Crippen LogP contribution is 2.22. The van der Waals surface area contributed by atoms with Gasteiger partial charge in [-0.25, -0.2) is 8.42 Å². The van der Waals surface area contributed by atoms with Gasteiger partial charge in [-0.05, 0) is 62.6 Å². The summed E-state index contributed by atoms with van der Waals surface area (Å²) in [5, 5.41) is -0.464. The van der Waals surface area contributed by atoms with Gasteiger partial charge in [0, 0.05) is 5.69 Å². The van der Waals surface area contributed by atoms with E-state index in [9.17, 15) is 8.42 Å². The Hall–Kier alpha value is -2.07. The van der Waals surface area contributed by atoms with E-state index in [1.54, 1.807) is 19.1 Å². The zero-order valence-corrected chi connectivity index (χ0v) is 14.6. The Morgan fingerprint density at radius 1 is 1.09 bits per heavy atom. The molecule has 2 rings (SSSR count). The van der Waals surface area contributed by atoms with E-state index in [2.05, 4.69) is 0 Å². The van der Waals surface area contributed by atoms with Crippen LogP contribution in [0.4, 0.5) is 5.69 Å². The summed E-state index contributed by atoms with van der Waals surface area (Å²) in [4.78, 5) is 0.383. The summed E-state index contributed by atoms with van der Waals surface area (Å²) in [6.45, 7) is 5.68. The summed E-state index contributed by atoms with van der Waals surface area (Å²) in [6, 6.07) is 14.6. The maximum absolute atomic E-state index is 12.6. The molecule has 0 spiro atoms. The van der Waals surface area contributed by atoms with Gasteiger partial charge < -0.3 is 5.73 Å². The van der Waals surface area contributed by atoms with Gasteiger partial charge in [0.05, 0.1) is 10.1 Å². The van der Waals surface area contributed by atoms with E-state index in [1.165, 1.54) is 0 Å². The maximum atomic E-state index is 12.6. The molecule has 0 aliphatic carbocycles. The van der Waals surface area contributed by atoms with Crippen molar-refractivity contribution in [1.82, 2.24) is 0 Å². The fourth-order valence-corrected chi connectivity index (χ4v) is 3.62. The topological polar surface area (TPSA) is 60.2 Å². The highest BCUT2D eigenvalue weighted by molar-refractivity contribution is 7.92. The number of benzene rings is 2. The van der Waals surface area contributed by atoms with Crippen LogP contribution in [0.5, 0.6) is 0 Å². The van der Waals surface area contributed by atoms with Crippen LogP contribution >= 0.6 is 0 Å². The number of hydrogen-bond acceptors (Lipinski definition) is 3. The third kappa shape index (κ3) is 4.23. The largest absolute Gasteiger partial charge is 0.399 e. The minimum Gasteiger partial charge on any atom is -0.399 e. The van der Waals surface area contributed by atoms with Crippen molar-refractivity contribution in [3.05, 3.63) is 65.7 Å². The highest BCUT2D eigenvalue weighted by Gasteiger charge is 2.22. The van der Waals surface area contributed by atoms with Crippen molar-refractivity contribution in [3.63, 3.8) is 0 Å². The lowest BCUT2D eigenvalue weighted by atomic mass is 10.1. The molecule has 2 N–H and O–H groups in total. The first-order valence-electron chi connectivity index (χ1n) is 7.64. The van der Waals surface area contributed by atoms with Crippen LogP contribution in [0.25, 0.3) is 5.57 Å². The van der Waals surface area contributed by atoms with Crippen LogP contribution in [0.15, 0.2) is 59.5 Å². The molecule has 0 aliphatic heterocycles. The summed E-state index contributed by atoms with van der Waals surface area (Å²) in [5.41, 5.74) is 9.56. The fraction of sp³-hybridized carbons (Fsp3) is 0.263. The molecule has 2 aromatic rings. The minimum absolute atomic E-state index is 0.383. The van der Waals surface area contributed by atoms with Crippen molar-refractivity contribution >= 4 is 21.1 Å². The Labute approximate surface area is 138 Å². The fourth-order valence-electron chi connectivity index (χ4n) is 2.29. The molecule has 0 fully saturated rings. The summed E-state index contributed by atoms with van der Waals surface area (Å²) >= 11 is 0. The number of anilines is 1. The Bertz CT molecular complexity index is 788. The first kappa shape index (κ1) is 17.3. The number of sulfone groups is 1. The lowest BCUT2D eigenvalue weighted by Gasteiger charge is -2.12. The third-order valence-corrected chi connectivity index (χ3v) is 6.18. The van der Waals surface area contributed by atoms with Crippen molar-refractivity contribution in [1.29, 1.82) is 0 Å². The number of nitrogen functional groups attached to an aromatic ring is 1. The second kappa shape index (κ2) is 7.01. The van der Waals surface area contributed by atoms with Crippen molar-refractivity contribution in [3.8, 4) is 0 Å². The molecule has 0 saturated heterocycles. The molecule has 0 amide bonds. The first-order chi connectivity index (χ1) is 10.8. The number of hydrogen-bond donors (Lipinski definition) is 1. The quantitative estimate of drug-likeness (QED) is 0.835. The second-order valence-corrected chi connectivity index (χ2v) is 8.28. The van der Waals surface area contributed by atoms with Gasteiger partial charge in [0.15, 0.2) is 9.84 Å². The average molecular weight is 329 g/mol.